The van der Waals surface area contributed by atoms with Crippen molar-refractivity contribution < 1.29 is 17.9 Å². The molecule has 0 N–H and O–H groups in total. The molecule has 5 rings (SSSR count). The van der Waals surface area contributed by atoms with Crippen LogP contribution in [0.1, 0.15) is 11.1 Å². The van der Waals surface area contributed by atoms with E-state index in [2.05, 4.69) is 0 Å². The van der Waals surface area contributed by atoms with E-state index in [9.17, 15) is 8.42 Å². The van der Waals surface area contributed by atoms with E-state index in [1.165, 1.54) is 4.31 Å². The Balaban J connectivity index is 1.57. The lowest BCUT2D eigenvalue weighted by molar-refractivity contribution is 0.174. The minimum Gasteiger partial charge on any atom is -0.454 e. The molecule has 0 amide bonds. The van der Waals surface area contributed by atoms with Gasteiger partial charge in [-0.15, -0.1) is 0 Å². The van der Waals surface area contributed by atoms with Crippen LogP contribution in [0.5, 0.6) is 11.5 Å². The molecule has 1 aliphatic rings. The van der Waals surface area contributed by atoms with Crippen LogP contribution in [-0.4, -0.2) is 19.5 Å². The number of nitrogens with zero attached hydrogens (tertiary/aromatic N) is 1. The number of fused-ring (bicyclic) bond motifs is 2. The summed E-state index contributed by atoms with van der Waals surface area (Å²) in [5.41, 5.74) is 1.76. The molecule has 0 fully saturated rings. The van der Waals surface area contributed by atoms with Crippen molar-refractivity contribution in [3.05, 3.63) is 102 Å². The van der Waals surface area contributed by atoms with Crippen LogP contribution in [0.3, 0.4) is 0 Å². The van der Waals surface area contributed by atoms with Crippen molar-refractivity contribution in [3.8, 4) is 11.5 Å². The Kier molecular flexibility index (Phi) is 5.10. The van der Waals surface area contributed by atoms with Crippen LogP contribution in [0.2, 0.25) is 0 Å². The summed E-state index contributed by atoms with van der Waals surface area (Å²) in [7, 11) is -3.78. The first-order chi connectivity index (χ1) is 15.1. The van der Waals surface area contributed by atoms with Gasteiger partial charge in [0.2, 0.25) is 16.8 Å². The van der Waals surface area contributed by atoms with Crippen molar-refractivity contribution in [3.63, 3.8) is 0 Å². The molecule has 0 saturated carbocycles. The van der Waals surface area contributed by atoms with Gasteiger partial charge in [0.1, 0.15) is 0 Å². The van der Waals surface area contributed by atoms with Gasteiger partial charge in [0.05, 0.1) is 4.90 Å². The fourth-order valence-electron chi connectivity index (χ4n) is 3.82. The molecule has 0 bridgehead atoms. The molecule has 1 heterocycles. The second-order valence-corrected chi connectivity index (χ2v) is 9.33. The number of sulfonamides is 1. The first kappa shape index (κ1) is 19.6. The summed E-state index contributed by atoms with van der Waals surface area (Å²) in [6, 6.07) is 28.1. The summed E-state index contributed by atoms with van der Waals surface area (Å²) in [6.45, 7) is 0.665. The zero-order valence-electron chi connectivity index (χ0n) is 16.8. The van der Waals surface area contributed by atoms with Crippen LogP contribution >= 0.6 is 0 Å². The van der Waals surface area contributed by atoms with Crippen LogP contribution in [0, 0.1) is 0 Å². The Labute approximate surface area is 181 Å². The second kappa shape index (κ2) is 8.06. The van der Waals surface area contributed by atoms with Gasteiger partial charge in [-0.2, -0.15) is 4.31 Å². The largest absolute Gasteiger partial charge is 0.454 e. The van der Waals surface area contributed by atoms with Gasteiger partial charge in [-0.1, -0.05) is 72.8 Å². The number of benzene rings is 4. The van der Waals surface area contributed by atoms with E-state index in [0.29, 0.717) is 21.8 Å². The minimum atomic E-state index is -3.78. The second-order valence-electron chi connectivity index (χ2n) is 7.42. The van der Waals surface area contributed by atoms with Crippen molar-refractivity contribution in [1.82, 2.24) is 4.31 Å². The molecule has 156 valence electrons. The van der Waals surface area contributed by atoms with Crippen molar-refractivity contribution in [2.24, 2.45) is 0 Å². The summed E-state index contributed by atoms with van der Waals surface area (Å²) in [5, 5.41) is 1.61. The molecule has 1 aliphatic heterocycles. The molecule has 4 aromatic rings. The molecular weight excluding hydrogens is 410 g/mol. The van der Waals surface area contributed by atoms with Gasteiger partial charge in [0.25, 0.3) is 0 Å². The van der Waals surface area contributed by atoms with E-state index in [4.69, 9.17) is 9.47 Å². The Hall–Kier alpha value is -3.35. The van der Waals surface area contributed by atoms with Gasteiger partial charge in [0.15, 0.2) is 11.5 Å². The molecular formula is C25H21NO4S. The van der Waals surface area contributed by atoms with Gasteiger partial charge < -0.3 is 9.47 Å². The molecule has 0 spiro atoms. The highest BCUT2D eigenvalue weighted by atomic mass is 32.2. The third kappa shape index (κ3) is 3.87. The molecule has 5 nitrogen and oxygen atoms in total. The summed E-state index contributed by atoms with van der Waals surface area (Å²) in [5.74, 6) is 1.31. The van der Waals surface area contributed by atoms with Gasteiger partial charge >= 0.3 is 0 Å². The highest BCUT2D eigenvalue weighted by Crippen LogP contribution is 2.34. The maximum atomic E-state index is 13.9. The summed E-state index contributed by atoms with van der Waals surface area (Å²) < 4.78 is 40.1. The first-order valence-electron chi connectivity index (χ1n) is 10.0. The summed E-state index contributed by atoms with van der Waals surface area (Å²) >= 11 is 0. The zero-order chi connectivity index (χ0) is 21.3. The highest BCUT2D eigenvalue weighted by molar-refractivity contribution is 7.89. The summed E-state index contributed by atoms with van der Waals surface area (Å²) in [4.78, 5) is 0.308. The Morgan fingerprint density at radius 3 is 2.29 bits per heavy atom. The van der Waals surface area contributed by atoms with Crippen molar-refractivity contribution in [1.29, 1.82) is 0 Å². The third-order valence-corrected chi connectivity index (χ3v) is 7.21. The van der Waals surface area contributed by atoms with Crippen molar-refractivity contribution >= 4 is 20.8 Å². The van der Waals surface area contributed by atoms with E-state index in [1.54, 1.807) is 12.1 Å². The maximum Gasteiger partial charge on any atom is 0.244 e. The smallest absolute Gasteiger partial charge is 0.244 e. The molecule has 0 saturated heterocycles. The molecule has 0 atom stereocenters. The third-order valence-electron chi connectivity index (χ3n) is 5.37. The van der Waals surface area contributed by atoms with Gasteiger partial charge in [0, 0.05) is 18.5 Å². The number of hydrogen-bond acceptors (Lipinski definition) is 4. The average molecular weight is 432 g/mol. The average Bonchev–Trinajstić information content (AvgIpc) is 3.27. The zero-order valence-corrected chi connectivity index (χ0v) is 17.6. The van der Waals surface area contributed by atoms with E-state index in [1.807, 2.05) is 78.9 Å². The van der Waals surface area contributed by atoms with Gasteiger partial charge in [-0.05, 0) is 34.7 Å². The molecule has 6 heteroatoms. The van der Waals surface area contributed by atoms with E-state index in [-0.39, 0.29) is 19.9 Å². The van der Waals surface area contributed by atoms with Crippen LogP contribution < -0.4 is 9.47 Å². The van der Waals surface area contributed by atoms with Crippen LogP contribution in [0.25, 0.3) is 10.8 Å². The molecule has 0 aromatic heterocycles. The van der Waals surface area contributed by atoms with Gasteiger partial charge in [-0.25, -0.2) is 8.42 Å². The quantitative estimate of drug-likeness (QED) is 0.433. The van der Waals surface area contributed by atoms with Crippen molar-refractivity contribution in [2.45, 2.75) is 18.0 Å². The molecule has 4 aromatic carbocycles. The highest BCUT2D eigenvalue weighted by Gasteiger charge is 2.27. The standard InChI is InChI=1S/C25H21NO4S/c27-31(28,25-12-6-10-21-9-4-5-11-22(21)25)26(16-19-7-2-1-3-8-19)17-20-13-14-23-24(15-20)30-18-29-23/h1-15H,16-18H2. The Bertz CT molecular complexity index is 1330. The van der Waals surface area contributed by atoms with Crippen molar-refractivity contribution in [2.75, 3.05) is 6.79 Å². The van der Waals surface area contributed by atoms with Crippen LogP contribution in [0.15, 0.2) is 95.9 Å². The van der Waals surface area contributed by atoms with Gasteiger partial charge in [-0.3, -0.25) is 0 Å². The number of rotatable bonds is 6. The van der Waals surface area contributed by atoms with Crippen LogP contribution in [0.4, 0.5) is 0 Å². The number of hydrogen-bond donors (Lipinski definition) is 0. The Morgan fingerprint density at radius 2 is 1.42 bits per heavy atom. The Morgan fingerprint density at radius 1 is 0.710 bits per heavy atom. The normalized spacial score (nSPS) is 13.1. The minimum absolute atomic E-state index is 0.181. The molecule has 0 radical (unpaired) electrons. The molecule has 0 aliphatic carbocycles. The topological polar surface area (TPSA) is 55.8 Å². The summed E-state index contributed by atoms with van der Waals surface area (Å²) in [6.07, 6.45) is 0. The SMILES string of the molecule is O=S(=O)(c1cccc2ccccc12)N(Cc1ccccc1)Cc1ccc2c(c1)OCO2. The molecule has 31 heavy (non-hydrogen) atoms. The van der Waals surface area contributed by atoms with E-state index in [0.717, 1.165) is 16.5 Å². The first-order valence-corrected chi connectivity index (χ1v) is 11.5. The fourth-order valence-corrected chi connectivity index (χ4v) is 5.45. The molecule has 0 unspecified atom stereocenters. The predicted octanol–water partition coefficient (Wildman–Crippen LogP) is 4.96. The maximum absolute atomic E-state index is 13.9. The van der Waals surface area contributed by atoms with Crippen LogP contribution in [-0.2, 0) is 23.1 Å². The van der Waals surface area contributed by atoms with E-state index >= 15 is 0 Å². The fraction of sp³-hybridized carbons (Fsp3) is 0.120. The lowest BCUT2D eigenvalue weighted by Crippen LogP contribution is -2.30. The number of ether oxygens (including phenoxy) is 2. The van der Waals surface area contributed by atoms with E-state index < -0.39 is 10.0 Å². The lowest BCUT2D eigenvalue weighted by atomic mass is 10.1. The monoisotopic (exact) mass is 431 g/mol. The lowest BCUT2D eigenvalue weighted by Gasteiger charge is -2.23. The predicted molar refractivity (Wildman–Crippen MR) is 119 cm³/mol.